The molecule has 0 aliphatic heterocycles. The second-order valence-electron chi connectivity index (χ2n) is 3.64. The van der Waals surface area contributed by atoms with Crippen LogP contribution in [-0.2, 0) is 0 Å². The maximum Gasteiger partial charge on any atom is 0.339 e. The van der Waals surface area contributed by atoms with Gasteiger partial charge in [-0.3, -0.25) is 0 Å². The number of anilines is 2. The van der Waals surface area contributed by atoms with Gasteiger partial charge in [0.05, 0.1) is 10.6 Å². The molecule has 0 fully saturated rings. The van der Waals surface area contributed by atoms with E-state index in [2.05, 4.69) is 10.3 Å². The van der Waals surface area contributed by atoms with E-state index in [1.54, 1.807) is 24.3 Å². The number of hydrogen-bond donors (Lipinski definition) is 2. The molecule has 0 aliphatic rings. The summed E-state index contributed by atoms with van der Waals surface area (Å²) in [4.78, 5) is 15.0. The van der Waals surface area contributed by atoms with Gasteiger partial charge >= 0.3 is 5.97 Å². The fourth-order valence-electron chi connectivity index (χ4n) is 1.50. The number of rotatable bonds is 3. The summed E-state index contributed by atoms with van der Waals surface area (Å²) in [6, 6.07) is 9.66. The number of carboxylic acid groups (broad SMARTS) is 1. The number of benzene rings is 1. The van der Waals surface area contributed by atoms with E-state index in [1.165, 1.54) is 12.3 Å². The predicted molar refractivity (Wildman–Crippen MR) is 70.6 cm³/mol. The van der Waals surface area contributed by atoms with Crippen LogP contribution in [0, 0.1) is 11.3 Å². The van der Waals surface area contributed by atoms with E-state index < -0.39 is 5.97 Å². The normalized spacial score (nSPS) is 9.68. The predicted octanol–water partition coefficient (Wildman–Crippen LogP) is 3.05. The molecule has 2 aromatic rings. The molecule has 0 spiro atoms. The Morgan fingerprint density at radius 2 is 2.21 bits per heavy atom. The first kappa shape index (κ1) is 12.9. The molecule has 2 N–H and O–H groups in total. The van der Waals surface area contributed by atoms with Crippen LogP contribution in [0.4, 0.5) is 11.5 Å². The van der Waals surface area contributed by atoms with Crippen LogP contribution in [0.3, 0.4) is 0 Å². The van der Waals surface area contributed by atoms with E-state index in [0.29, 0.717) is 16.3 Å². The molecule has 19 heavy (non-hydrogen) atoms. The van der Waals surface area contributed by atoms with Gasteiger partial charge in [-0.2, -0.15) is 5.26 Å². The quantitative estimate of drug-likeness (QED) is 0.897. The summed E-state index contributed by atoms with van der Waals surface area (Å²) in [6.07, 6.45) is 1.49. The van der Waals surface area contributed by atoms with Crippen molar-refractivity contribution in [1.82, 2.24) is 4.98 Å². The molecule has 94 valence electrons. The van der Waals surface area contributed by atoms with Crippen LogP contribution in [0.5, 0.6) is 0 Å². The third-order valence-corrected chi connectivity index (χ3v) is 2.70. The van der Waals surface area contributed by atoms with Gasteiger partial charge in [0.1, 0.15) is 17.5 Å². The van der Waals surface area contributed by atoms with Crippen molar-refractivity contribution in [1.29, 1.82) is 5.26 Å². The first-order valence-corrected chi connectivity index (χ1v) is 5.64. The van der Waals surface area contributed by atoms with Gasteiger partial charge in [-0.15, -0.1) is 0 Å². The summed E-state index contributed by atoms with van der Waals surface area (Å²) < 4.78 is 0. The van der Waals surface area contributed by atoms with Crippen LogP contribution in [0.15, 0.2) is 36.5 Å². The lowest BCUT2D eigenvalue weighted by Gasteiger charge is -2.08. The summed E-state index contributed by atoms with van der Waals surface area (Å²) in [7, 11) is 0. The van der Waals surface area contributed by atoms with Gasteiger partial charge < -0.3 is 10.4 Å². The Morgan fingerprint density at radius 3 is 2.84 bits per heavy atom. The topological polar surface area (TPSA) is 86.0 Å². The zero-order valence-electron chi connectivity index (χ0n) is 9.59. The van der Waals surface area contributed by atoms with Crippen LogP contribution in [0.2, 0.25) is 5.02 Å². The van der Waals surface area contributed by atoms with Crippen molar-refractivity contribution in [3.63, 3.8) is 0 Å². The zero-order chi connectivity index (χ0) is 13.8. The second kappa shape index (κ2) is 5.38. The molecule has 0 unspecified atom stereocenters. The fourth-order valence-corrected chi connectivity index (χ4v) is 1.72. The Labute approximate surface area is 114 Å². The lowest BCUT2D eigenvalue weighted by molar-refractivity contribution is 0.0697. The van der Waals surface area contributed by atoms with E-state index >= 15 is 0 Å². The average molecular weight is 274 g/mol. The van der Waals surface area contributed by atoms with Crippen molar-refractivity contribution in [3.8, 4) is 6.07 Å². The molecule has 1 aromatic carbocycles. The Hall–Kier alpha value is -2.58. The van der Waals surface area contributed by atoms with Gasteiger partial charge in [-0.25, -0.2) is 9.78 Å². The number of pyridine rings is 1. The minimum absolute atomic E-state index is 0.0583. The summed E-state index contributed by atoms with van der Waals surface area (Å²) in [5, 5.41) is 21.0. The van der Waals surface area contributed by atoms with Gasteiger partial charge in [0.25, 0.3) is 0 Å². The summed E-state index contributed by atoms with van der Waals surface area (Å²) in [5.74, 6) is -0.855. The van der Waals surface area contributed by atoms with Gasteiger partial charge in [-0.1, -0.05) is 11.6 Å². The number of nitrogens with one attached hydrogen (secondary N) is 1. The van der Waals surface area contributed by atoms with E-state index in [-0.39, 0.29) is 11.4 Å². The number of nitrogens with zero attached hydrogens (tertiary/aromatic N) is 2. The van der Waals surface area contributed by atoms with Crippen molar-refractivity contribution in [2.24, 2.45) is 0 Å². The lowest BCUT2D eigenvalue weighted by Crippen LogP contribution is -2.04. The van der Waals surface area contributed by atoms with Crippen molar-refractivity contribution < 1.29 is 9.90 Å². The Balaban J connectivity index is 2.34. The number of carbonyl (C=O) groups is 1. The molecule has 0 radical (unpaired) electrons. The van der Waals surface area contributed by atoms with E-state index in [0.717, 1.165) is 0 Å². The average Bonchev–Trinajstić information content (AvgIpc) is 2.39. The standard InChI is InChI=1S/C13H8ClN3O2/c14-11-6-9(4-3-8(11)7-15)17-12-10(13(18)19)2-1-5-16-12/h1-6H,(H,16,17)(H,18,19). The molecule has 0 aliphatic carbocycles. The minimum Gasteiger partial charge on any atom is -0.478 e. The molecule has 0 atom stereocenters. The van der Waals surface area contributed by atoms with E-state index in [4.69, 9.17) is 22.0 Å². The van der Waals surface area contributed by atoms with Gasteiger partial charge in [0.2, 0.25) is 0 Å². The molecule has 0 saturated heterocycles. The van der Waals surface area contributed by atoms with Gasteiger partial charge in [-0.05, 0) is 30.3 Å². The number of halogens is 1. The monoisotopic (exact) mass is 273 g/mol. The van der Waals surface area contributed by atoms with Crippen LogP contribution >= 0.6 is 11.6 Å². The molecule has 0 bridgehead atoms. The largest absolute Gasteiger partial charge is 0.478 e. The Morgan fingerprint density at radius 1 is 1.42 bits per heavy atom. The second-order valence-corrected chi connectivity index (χ2v) is 4.04. The molecule has 2 rings (SSSR count). The minimum atomic E-state index is -1.07. The Kier molecular flexibility index (Phi) is 3.64. The molecular weight excluding hydrogens is 266 g/mol. The van der Waals surface area contributed by atoms with Crippen molar-refractivity contribution in [2.45, 2.75) is 0 Å². The van der Waals surface area contributed by atoms with E-state index in [1.807, 2.05) is 6.07 Å². The first-order valence-electron chi connectivity index (χ1n) is 5.27. The molecule has 1 aromatic heterocycles. The summed E-state index contributed by atoms with van der Waals surface area (Å²) in [5.41, 5.74) is 0.972. The third-order valence-electron chi connectivity index (χ3n) is 2.39. The Bertz CT molecular complexity index is 680. The fraction of sp³-hybridized carbons (Fsp3) is 0. The molecule has 1 heterocycles. The van der Waals surface area contributed by atoms with Crippen LogP contribution in [-0.4, -0.2) is 16.1 Å². The molecule has 6 heteroatoms. The summed E-state index contributed by atoms with van der Waals surface area (Å²) >= 11 is 5.90. The number of aromatic carboxylic acids is 1. The molecular formula is C13H8ClN3O2. The zero-order valence-corrected chi connectivity index (χ0v) is 10.3. The van der Waals surface area contributed by atoms with Gasteiger partial charge in [0, 0.05) is 11.9 Å². The SMILES string of the molecule is N#Cc1ccc(Nc2ncccc2C(=O)O)cc1Cl. The molecule has 0 saturated carbocycles. The van der Waals surface area contributed by atoms with Gasteiger partial charge in [0.15, 0.2) is 0 Å². The maximum absolute atomic E-state index is 11.0. The summed E-state index contributed by atoms with van der Waals surface area (Å²) in [6.45, 7) is 0. The molecule has 5 nitrogen and oxygen atoms in total. The van der Waals surface area contributed by atoms with Crippen LogP contribution in [0.1, 0.15) is 15.9 Å². The highest BCUT2D eigenvalue weighted by Gasteiger charge is 2.11. The maximum atomic E-state index is 11.0. The highest BCUT2D eigenvalue weighted by Crippen LogP contribution is 2.24. The highest BCUT2D eigenvalue weighted by atomic mass is 35.5. The molecule has 0 amide bonds. The number of aromatic nitrogens is 1. The number of carboxylic acids is 1. The van der Waals surface area contributed by atoms with Crippen LogP contribution in [0.25, 0.3) is 0 Å². The van der Waals surface area contributed by atoms with Crippen molar-refractivity contribution in [2.75, 3.05) is 5.32 Å². The first-order chi connectivity index (χ1) is 9.11. The number of nitriles is 1. The van der Waals surface area contributed by atoms with Crippen molar-refractivity contribution in [3.05, 3.63) is 52.7 Å². The highest BCUT2D eigenvalue weighted by molar-refractivity contribution is 6.32. The lowest BCUT2D eigenvalue weighted by atomic mass is 10.2. The smallest absolute Gasteiger partial charge is 0.339 e. The third kappa shape index (κ3) is 2.81. The van der Waals surface area contributed by atoms with E-state index in [9.17, 15) is 4.79 Å². The van der Waals surface area contributed by atoms with Crippen LogP contribution < -0.4 is 5.32 Å². The van der Waals surface area contributed by atoms with Crippen molar-refractivity contribution >= 4 is 29.1 Å². The number of hydrogen-bond acceptors (Lipinski definition) is 4.